The summed E-state index contributed by atoms with van der Waals surface area (Å²) in [5, 5.41) is 0. The van der Waals surface area contributed by atoms with Crippen molar-refractivity contribution in [1.29, 1.82) is 0 Å². The Hall–Kier alpha value is -7.65. The summed E-state index contributed by atoms with van der Waals surface area (Å²) < 4.78 is 54.1. The van der Waals surface area contributed by atoms with Crippen LogP contribution in [0.2, 0.25) is 0 Å². The van der Waals surface area contributed by atoms with E-state index < -0.39 is 17.9 Å². The molecule has 13 nitrogen and oxygen atoms in total. The number of hydrogen-bond donors (Lipinski definition) is 0. The Bertz CT molecular complexity index is 2490. The Labute approximate surface area is 397 Å². The molecule has 68 heavy (non-hydrogen) atoms. The monoisotopic (exact) mass is 922 g/mol. The number of carbonyl (C=O) groups excluding carboxylic acids is 3. The number of benzene rings is 5. The van der Waals surface area contributed by atoms with Crippen LogP contribution in [0.25, 0.3) is 11.1 Å². The minimum Gasteiger partial charge on any atom is -0.491 e. The largest absolute Gasteiger partial charge is 0.491 e. The first-order valence-corrected chi connectivity index (χ1v) is 21.8. The number of ether oxygens (including phenoxy) is 10. The molecule has 0 amide bonds. The maximum Gasteiger partial charge on any atom is 0.341 e. The van der Waals surface area contributed by atoms with Crippen LogP contribution in [0.1, 0.15) is 38.2 Å². The molecule has 0 saturated heterocycles. The van der Waals surface area contributed by atoms with Crippen LogP contribution >= 0.6 is 0 Å². The molecule has 0 unspecified atom stereocenters. The molecular formula is C55H54O13. The zero-order valence-electron chi connectivity index (χ0n) is 38.0. The van der Waals surface area contributed by atoms with E-state index in [2.05, 4.69) is 36.8 Å². The van der Waals surface area contributed by atoms with E-state index >= 15 is 0 Å². The zero-order chi connectivity index (χ0) is 48.0. The molecule has 0 radical (unpaired) electrons. The van der Waals surface area contributed by atoms with Crippen LogP contribution in [-0.2, 0) is 49.4 Å². The highest BCUT2D eigenvalue weighted by molar-refractivity contribution is 5.94. The minimum atomic E-state index is -0.502. The Kier molecular flexibility index (Phi) is 22.5. The Balaban J connectivity index is 1.02. The van der Waals surface area contributed by atoms with Gasteiger partial charge in [-0.15, -0.1) is 0 Å². The average molecular weight is 923 g/mol. The van der Waals surface area contributed by atoms with Crippen LogP contribution in [-0.4, -0.2) is 104 Å². The SMILES string of the molecule is C=CC(=O)OCCOCCOCCOc1ccc(C#Cc2ccc(COc3ccc(-c4ccc(C#Cc5ccc(OCCOCCOCCOC(=O)C=C)cc5)cc4)cc3C(=O)OC)cc2)cc1. The van der Waals surface area contributed by atoms with Crippen molar-refractivity contribution in [2.75, 3.05) is 86.4 Å². The maximum absolute atomic E-state index is 12.9. The van der Waals surface area contributed by atoms with Crippen molar-refractivity contribution in [2.45, 2.75) is 6.61 Å². The summed E-state index contributed by atoms with van der Waals surface area (Å²) in [5.74, 6) is 13.1. The van der Waals surface area contributed by atoms with E-state index in [1.165, 1.54) is 7.11 Å². The van der Waals surface area contributed by atoms with Crippen molar-refractivity contribution in [3.63, 3.8) is 0 Å². The van der Waals surface area contributed by atoms with Gasteiger partial charge in [-0.25, -0.2) is 14.4 Å². The zero-order valence-corrected chi connectivity index (χ0v) is 38.0. The van der Waals surface area contributed by atoms with E-state index in [4.69, 9.17) is 47.4 Å². The lowest BCUT2D eigenvalue weighted by Gasteiger charge is -2.12. The predicted molar refractivity (Wildman–Crippen MR) is 255 cm³/mol. The van der Waals surface area contributed by atoms with E-state index in [1.807, 2.05) is 103 Å². The summed E-state index contributed by atoms with van der Waals surface area (Å²) in [6.07, 6.45) is 2.22. The molecule has 0 bridgehead atoms. The molecule has 0 heterocycles. The van der Waals surface area contributed by atoms with Crippen molar-refractivity contribution >= 4 is 17.9 Å². The predicted octanol–water partition coefficient (Wildman–Crippen LogP) is 7.80. The van der Waals surface area contributed by atoms with E-state index in [9.17, 15) is 14.4 Å². The van der Waals surface area contributed by atoms with Crippen LogP contribution < -0.4 is 14.2 Å². The Morgan fingerprint density at radius 1 is 0.456 bits per heavy atom. The highest BCUT2D eigenvalue weighted by atomic mass is 16.6. The number of methoxy groups -OCH3 is 1. The van der Waals surface area contributed by atoms with Gasteiger partial charge in [-0.05, 0) is 102 Å². The molecule has 0 spiro atoms. The molecule has 352 valence electrons. The molecule has 5 aromatic carbocycles. The Morgan fingerprint density at radius 2 is 0.838 bits per heavy atom. The van der Waals surface area contributed by atoms with Crippen molar-refractivity contribution in [3.05, 3.63) is 174 Å². The van der Waals surface area contributed by atoms with Crippen molar-refractivity contribution in [2.24, 2.45) is 0 Å². The molecule has 0 aliphatic carbocycles. The molecule has 0 aliphatic rings. The molecule has 0 aliphatic heterocycles. The maximum atomic E-state index is 12.9. The lowest BCUT2D eigenvalue weighted by Crippen LogP contribution is -2.13. The number of carbonyl (C=O) groups is 3. The molecule has 0 atom stereocenters. The second-order valence-electron chi connectivity index (χ2n) is 14.2. The molecule has 0 saturated carbocycles. The molecule has 0 aromatic heterocycles. The second-order valence-corrected chi connectivity index (χ2v) is 14.2. The topological polar surface area (TPSA) is 144 Å². The van der Waals surface area contributed by atoms with E-state index in [0.717, 1.165) is 51.1 Å². The third-order valence-electron chi connectivity index (χ3n) is 9.38. The van der Waals surface area contributed by atoms with Crippen LogP contribution in [0, 0.1) is 23.7 Å². The lowest BCUT2D eigenvalue weighted by molar-refractivity contribution is -0.140. The fraction of sp³-hybridized carbons (Fsp3) is 0.255. The van der Waals surface area contributed by atoms with Gasteiger partial charge in [-0.1, -0.05) is 67.2 Å². The summed E-state index contributed by atoms with van der Waals surface area (Å²) in [4.78, 5) is 34.8. The fourth-order valence-electron chi connectivity index (χ4n) is 5.86. The summed E-state index contributed by atoms with van der Waals surface area (Å²) in [6, 6.07) is 36.0. The van der Waals surface area contributed by atoms with E-state index in [-0.39, 0.29) is 19.8 Å². The number of hydrogen-bond acceptors (Lipinski definition) is 13. The van der Waals surface area contributed by atoms with Crippen LogP contribution in [0.15, 0.2) is 141 Å². The second kappa shape index (κ2) is 29.8. The lowest BCUT2D eigenvalue weighted by atomic mass is 10.0. The average Bonchev–Trinajstić information content (AvgIpc) is 3.38. The van der Waals surface area contributed by atoms with Gasteiger partial charge in [0, 0.05) is 34.4 Å². The van der Waals surface area contributed by atoms with Crippen LogP contribution in [0.5, 0.6) is 17.2 Å². The van der Waals surface area contributed by atoms with Gasteiger partial charge in [0.1, 0.15) is 55.8 Å². The molecular weight excluding hydrogens is 869 g/mol. The van der Waals surface area contributed by atoms with Gasteiger partial charge in [0.2, 0.25) is 0 Å². The number of rotatable bonds is 27. The first-order valence-electron chi connectivity index (χ1n) is 21.8. The Morgan fingerprint density at radius 3 is 1.26 bits per heavy atom. The van der Waals surface area contributed by atoms with E-state index in [1.54, 1.807) is 12.1 Å². The molecule has 13 heteroatoms. The fourth-order valence-corrected chi connectivity index (χ4v) is 5.86. The summed E-state index contributed by atoms with van der Waals surface area (Å²) in [7, 11) is 1.34. The van der Waals surface area contributed by atoms with Crippen molar-refractivity contribution in [1.82, 2.24) is 0 Å². The highest BCUT2D eigenvalue weighted by Crippen LogP contribution is 2.29. The van der Waals surface area contributed by atoms with Gasteiger partial charge < -0.3 is 47.4 Å². The molecule has 5 rings (SSSR count). The normalized spacial score (nSPS) is 10.3. The van der Waals surface area contributed by atoms with Crippen LogP contribution in [0.3, 0.4) is 0 Å². The molecule has 0 N–H and O–H groups in total. The molecule has 5 aromatic rings. The summed E-state index contributed by atoms with van der Waals surface area (Å²) in [5.41, 5.74) is 6.31. The quantitative estimate of drug-likeness (QED) is 0.0166. The van der Waals surface area contributed by atoms with Gasteiger partial charge in [-0.3, -0.25) is 0 Å². The highest BCUT2D eigenvalue weighted by Gasteiger charge is 2.15. The first kappa shape index (κ1) is 51.3. The van der Waals surface area contributed by atoms with Crippen LogP contribution in [0.4, 0.5) is 0 Å². The summed E-state index contributed by atoms with van der Waals surface area (Å²) in [6.45, 7) is 11.0. The van der Waals surface area contributed by atoms with Crippen molar-refractivity contribution in [3.8, 4) is 52.1 Å². The van der Waals surface area contributed by atoms with Gasteiger partial charge in [0.15, 0.2) is 0 Å². The standard InChI is InChI=1S/C55H54O13/c1-4-53(56)66-38-34-62-30-28-60-32-36-64-49-23-16-44(17-24-49)8-6-42-10-12-46(13-11-42)41-68-52-27-22-48(40-51(52)55(58)59-3)47-20-14-43(15-21-47)7-9-45-18-25-50(26-19-45)65-37-33-61-29-31-63-35-39-67-54(57)5-2/h4-5,10-27,40H,1-2,28-39,41H2,3H3. The third-order valence-corrected chi connectivity index (χ3v) is 9.38. The first-order chi connectivity index (χ1) is 33.3. The van der Waals surface area contributed by atoms with Crippen molar-refractivity contribution < 1.29 is 61.8 Å². The smallest absolute Gasteiger partial charge is 0.341 e. The van der Waals surface area contributed by atoms with E-state index in [0.29, 0.717) is 88.9 Å². The van der Waals surface area contributed by atoms with Gasteiger partial charge >= 0.3 is 17.9 Å². The molecule has 0 fully saturated rings. The van der Waals surface area contributed by atoms with Gasteiger partial charge in [-0.2, -0.15) is 0 Å². The number of esters is 3. The summed E-state index contributed by atoms with van der Waals surface area (Å²) >= 11 is 0. The third kappa shape index (κ3) is 19.1. The van der Waals surface area contributed by atoms with Gasteiger partial charge in [0.25, 0.3) is 0 Å². The van der Waals surface area contributed by atoms with Gasteiger partial charge in [0.05, 0.1) is 60.0 Å². The minimum absolute atomic E-state index is 0.171.